The Hall–Kier alpha value is -4.09. The molecule has 1 unspecified atom stereocenters. The third kappa shape index (κ3) is 7.66. The highest BCUT2D eigenvalue weighted by atomic mass is 35.5. The van der Waals surface area contributed by atoms with E-state index >= 15 is 0 Å². The first kappa shape index (κ1) is 31.8. The fraction of sp³-hybridized carbons (Fsp3) is 0.323. The Morgan fingerprint density at radius 2 is 1.72 bits per heavy atom. The maximum atomic E-state index is 13.5. The molecule has 1 atom stereocenters. The van der Waals surface area contributed by atoms with Crippen LogP contribution < -0.4 is 16.8 Å². The molecule has 1 aromatic heterocycles. The predicted molar refractivity (Wildman–Crippen MR) is 174 cm³/mol. The van der Waals surface area contributed by atoms with Crippen LogP contribution in [0.25, 0.3) is 22.3 Å². The Balaban J connectivity index is 1.65. The van der Waals surface area contributed by atoms with E-state index in [0.29, 0.717) is 11.4 Å². The van der Waals surface area contributed by atoms with E-state index in [-0.39, 0.29) is 34.6 Å². The topological polar surface area (TPSA) is 148 Å². The number of nitrogens with zero attached hydrogens (tertiary/aromatic N) is 4. The average Bonchev–Trinajstić information content (AvgIpc) is 3.41. The van der Waals surface area contributed by atoms with Gasteiger partial charge in [-0.1, -0.05) is 79.7 Å². The van der Waals surface area contributed by atoms with Gasteiger partial charge in [-0.05, 0) is 35.1 Å². The van der Waals surface area contributed by atoms with Crippen LogP contribution in [0.1, 0.15) is 25.2 Å². The van der Waals surface area contributed by atoms with Gasteiger partial charge in [-0.25, -0.2) is 0 Å². The van der Waals surface area contributed by atoms with E-state index in [2.05, 4.69) is 45.8 Å². The lowest BCUT2D eigenvalue weighted by molar-refractivity contribution is -0.121. The molecule has 12 heteroatoms. The largest absolute Gasteiger partial charge is 0.369 e. The number of carbonyl (C=O) groups excluding carboxylic acids is 3. The number of benzene rings is 2. The first-order chi connectivity index (χ1) is 20.4. The first-order valence-electron chi connectivity index (χ1n) is 13.7. The lowest BCUT2D eigenvalue weighted by Crippen LogP contribution is -2.39. The molecule has 43 heavy (non-hydrogen) atoms. The minimum atomic E-state index is -1.08. The number of aliphatic imine (C=N–C) groups is 2. The number of guanidine groups is 2. The standard InChI is InChI=1S/C31H36ClN7O3S/c1-31(2)15-24-27(19-8-6-5-7-9-19)26(20-10-12-21(32)13-11-20)23(39(24)17-31)14-25(41)43-16-22(35-18-40)28(42)36-29(33)37-30(34)38(3)4/h5-13,18,22H,14-17H2,1-4H3,(H,35,40)(H4,33,34,36,37,42). The minimum absolute atomic E-state index is 0.0180. The van der Waals surface area contributed by atoms with Crippen LogP contribution in [0.15, 0.2) is 64.6 Å². The van der Waals surface area contributed by atoms with Crippen molar-refractivity contribution in [3.8, 4) is 22.3 Å². The van der Waals surface area contributed by atoms with Crippen LogP contribution in [-0.2, 0) is 33.8 Å². The Morgan fingerprint density at radius 3 is 2.35 bits per heavy atom. The molecule has 2 amide bonds. The van der Waals surface area contributed by atoms with Crippen LogP contribution in [0.4, 0.5) is 0 Å². The monoisotopic (exact) mass is 621 g/mol. The number of fused-ring (bicyclic) bond motifs is 1. The number of nitrogens with two attached hydrogens (primary N) is 2. The zero-order valence-corrected chi connectivity index (χ0v) is 26.2. The summed E-state index contributed by atoms with van der Waals surface area (Å²) >= 11 is 7.19. The van der Waals surface area contributed by atoms with Crippen LogP contribution in [0.5, 0.6) is 0 Å². The van der Waals surface area contributed by atoms with E-state index in [0.717, 1.165) is 52.7 Å². The Labute approximate surface area is 260 Å². The highest BCUT2D eigenvalue weighted by Gasteiger charge is 2.36. The summed E-state index contributed by atoms with van der Waals surface area (Å²) in [7, 11) is 3.32. The third-order valence-corrected chi connectivity index (χ3v) is 8.33. The van der Waals surface area contributed by atoms with Crippen molar-refractivity contribution in [3.63, 3.8) is 0 Å². The van der Waals surface area contributed by atoms with Gasteiger partial charge in [-0.15, -0.1) is 0 Å². The fourth-order valence-electron chi connectivity index (χ4n) is 5.13. The molecule has 2 aromatic carbocycles. The number of amides is 2. The van der Waals surface area contributed by atoms with Crippen molar-refractivity contribution in [2.24, 2.45) is 26.9 Å². The van der Waals surface area contributed by atoms with Crippen LogP contribution in [0.2, 0.25) is 5.02 Å². The molecule has 1 aliphatic heterocycles. The molecule has 0 bridgehead atoms. The number of halogens is 1. The summed E-state index contributed by atoms with van der Waals surface area (Å²) in [5.74, 6) is -1.05. The highest BCUT2D eigenvalue weighted by molar-refractivity contribution is 8.13. The van der Waals surface area contributed by atoms with E-state index in [4.69, 9.17) is 23.1 Å². The molecule has 226 valence electrons. The Bertz CT molecular complexity index is 1560. The quantitative estimate of drug-likeness (QED) is 0.187. The summed E-state index contributed by atoms with van der Waals surface area (Å²) in [4.78, 5) is 46.6. The second-order valence-corrected chi connectivity index (χ2v) is 12.8. The second-order valence-electron chi connectivity index (χ2n) is 11.3. The molecule has 3 aromatic rings. The van der Waals surface area contributed by atoms with Crippen molar-refractivity contribution in [3.05, 3.63) is 71.0 Å². The summed E-state index contributed by atoms with van der Waals surface area (Å²) in [5.41, 5.74) is 17.7. The number of hydrogen-bond acceptors (Lipinski definition) is 4. The summed E-state index contributed by atoms with van der Waals surface area (Å²) in [6, 6.07) is 16.8. The van der Waals surface area contributed by atoms with E-state index in [9.17, 15) is 14.4 Å². The zero-order valence-electron chi connectivity index (χ0n) is 24.6. The number of aromatic nitrogens is 1. The van der Waals surface area contributed by atoms with Gasteiger partial charge in [0.1, 0.15) is 6.04 Å². The third-order valence-electron chi connectivity index (χ3n) is 7.11. The molecule has 5 N–H and O–H groups in total. The fourth-order valence-corrected chi connectivity index (χ4v) is 6.09. The number of rotatable bonds is 9. The summed E-state index contributed by atoms with van der Waals surface area (Å²) in [5, 5.41) is 2.90. The highest BCUT2D eigenvalue weighted by Crippen LogP contribution is 2.47. The molecule has 1 aliphatic rings. The van der Waals surface area contributed by atoms with Gasteiger partial charge in [-0.3, -0.25) is 14.4 Å². The molecule has 2 heterocycles. The van der Waals surface area contributed by atoms with Gasteiger partial charge < -0.3 is 26.3 Å². The van der Waals surface area contributed by atoms with Gasteiger partial charge >= 0.3 is 0 Å². The first-order valence-corrected chi connectivity index (χ1v) is 15.1. The van der Waals surface area contributed by atoms with E-state index in [1.54, 1.807) is 14.1 Å². The van der Waals surface area contributed by atoms with Gasteiger partial charge in [0.2, 0.25) is 12.4 Å². The number of nitrogens with one attached hydrogen (secondary N) is 1. The molecule has 0 fully saturated rings. The number of thioether (sulfide) groups is 1. The summed E-state index contributed by atoms with van der Waals surface area (Å²) in [6.45, 7) is 5.21. The predicted octanol–water partition coefficient (Wildman–Crippen LogP) is 3.69. The average molecular weight is 622 g/mol. The molecule has 0 saturated heterocycles. The number of carbonyl (C=O) groups is 3. The SMILES string of the molecule is CN(C)/C(N)=N/C(N)=NC(=O)C(CSC(=O)Cc1c(-c2ccc(Cl)cc2)c(-c2ccccc2)c2n1CC(C)(C)C2)NC=O. The molecule has 4 rings (SSSR count). The van der Waals surface area contributed by atoms with Crippen LogP contribution in [0.3, 0.4) is 0 Å². The molecule has 0 saturated carbocycles. The van der Waals surface area contributed by atoms with E-state index < -0.39 is 11.9 Å². The van der Waals surface area contributed by atoms with Gasteiger partial charge in [0.15, 0.2) is 11.1 Å². The molecule has 0 radical (unpaired) electrons. The number of hydrogen-bond donors (Lipinski definition) is 3. The van der Waals surface area contributed by atoms with Crippen molar-refractivity contribution in [1.29, 1.82) is 0 Å². The van der Waals surface area contributed by atoms with Gasteiger partial charge in [0.25, 0.3) is 5.91 Å². The van der Waals surface area contributed by atoms with Crippen molar-refractivity contribution in [2.45, 2.75) is 39.3 Å². The second kappa shape index (κ2) is 13.5. The van der Waals surface area contributed by atoms with Crippen molar-refractivity contribution < 1.29 is 14.4 Å². The van der Waals surface area contributed by atoms with Gasteiger partial charge in [0.05, 0.1) is 6.42 Å². The van der Waals surface area contributed by atoms with Crippen molar-refractivity contribution in [1.82, 2.24) is 14.8 Å². The summed E-state index contributed by atoms with van der Waals surface area (Å²) < 4.78 is 2.27. The van der Waals surface area contributed by atoms with Crippen molar-refractivity contribution in [2.75, 3.05) is 19.8 Å². The molecule has 0 spiro atoms. The van der Waals surface area contributed by atoms with Crippen molar-refractivity contribution >= 4 is 52.7 Å². The zero-order chi connectivity index (χ0) is 31.3. The van der Waals surface area contributed by atoms with Gasteiger partial charge in [0, 0.05) is 53.9 Å². The maximum absolute atomic E-state index is 13.5. The lowest BCUT2D eigenvalue weighted by Gasteiger charge is -2.19. The summed E-state index contributed by atoms with van der Waals surface area (Å²) in [6.07, 6.45) is 1.37. The Kier molecular flexibility index (Phi) is 9.98. The molecular formula is C31H36ClN7O3S. The Morgan fingerprint density at radius 1 is 1.07 bits per heavy atom. The maximum Gasteiger partial charge on any atom is 0.272 e. The van der Waals surface area contributed by atoms with Crippen LogP contribution in [0, 0.1) is 5.41 Å². The molecule has 10 nitrogen and oxygen atoms in total. The van der Waals surface area contributed by atoms with E-state index in [1.807, 2.05) is 42.5 Å². The normalized spacial score (nSPS) is 15.1. The van der Waals surface area contributed by atoms with Gasteiger partial charge in [-0.2, -0.15) is 9.98 Å². The minimum Gasteiger partial charge on any atom is -0.369 e. The lowest BCUT2D eigenvalue weighted by atomic mass is 9.86. The smallest absolute Gasteiger partial charge is 0.272 e. The molecule has 0 aliphatic carbocycles. The van der Waals surface area contributed by atoms with Crippen LogP contribution in [-0.4, -0.2) is 64.7 Å². The van der Waals surface area contributed by atoms with Crippen LogP contribution >= 0.6 is 23.4 Å². The van der Waals surface area contributed by atoms with E-state index in [1.165, 1.54) is 10.6 Å². The molecular weight excluding hydrogens is 586 g/mol.